The Kier molecular flexibility index (Phi) is 4.32. The Hall–Kier alpha value is 0.420. The van der Waals surface area contributed by atoms with Crippen LogP contribution in [-0.2, 0) is 4.74 Å². The van der Waals surface area contributed by atoms with Crippen LogP contribution in [0.25, 0.3) is 0 Å². The van der Waals surface area contributed by atoms with Crippen molar-refractivity contribution in [3.63, 3.8) is 0 Å². The van der Waals surface area contributed by atoms with E-state index in [1.165, 1.54) is 0 Å². The van der Waals surface area contributed by atoms with Gasteiger partial charge >= 0.3 is 0 Å². The molecule has 16 heavy (non-hydrogen) atoms. The van der Waals surface area contributed by atoms with E-state index in [1.54, 1.807) is 7.11 Å². The highest BCUT2D eigenvalue weighted by molar-refractivity contribution is 9.11. The Labute approximate surface area is 121 Å². The monoisotopic (exact) mass is 411 g/mol. The smallest absolute Gasteiger partial charge is 0.0631 e. The lowest BCUT2D eigenvalue weighted by Crippen LogP contribution is -2.40. The average Bonchev–Trinajstić information content (AvgIpc) is 2.13. The van der Waals surface area contributed by atoms with Crippen LogP contribution >= 0.6 is 47.8 Å². The molecule has 0 unspecified atom stereocenters. The van der Waals surface area contributed by atoms with Crippen LogP contribution in [0.1, 0.15) is 12.8 Å². The largest absolute Gasteiger partial charge is 0.381 e. The van der Waals surface area contributed by atoms with Gasteiger partial charge in [-0.25, -0.2) is 0 Å². The van der Waals surface area contributed by atoms with Gasteiger partial charge in [-0.1, -0.05) is 15.9 Å². The van der Waals surface area contributed by atoms with Crippen molar-refractivity contribution in [3.8, 4) is 0 Å². The number of halogens is 3. The second-order valence-electron chi connectivity index (χ2n) is 3.91. The number of hydrogen-bond acceptors (Lipinski definition) is 2. The highest BCUT2D eigenvalue weighted by Gasteiger charge is 2.29. The molecule has 1 fully saturated rings. The van der Waals surface area contributed by atoms with E-state index in [0.717, 1.165) is 31.9 Å². The molecule has 1 saturated carbocycles. The van der Waals surface area contributed by atoms with E-state index in [2.05, 4.69) is 53.1 Å². The maximum atomic E-state index is 5.26. The van der Waals surface area contributed by atoms with E-state index in [-0.39, 0.29) is 0 Å². The summed E-state index contributed by atoms with van der Waals surface area (Å²) in [4.78, 5) is 0. The quantitative estimate of drug-likeness (QED) is 0.784. The molecule has 0 atom stereocenters. The number of nitrogens with one attached hydrogen (secondary N) is 1. The van der Waals surface area contributed by atoms with Crippen molar-refractivity contribution in [1.82, 2.24) is 0 Å². The summed E-state index contributed by atoms with van der Waals surface area (Å²) < 4.78 is 8.45. The molecule has 0 spiro atoms. The molecular formula is C11H12Br3NO. The van der Waals surface area contributed by atoms with Crippen LogP contribution in [0.2, 0.25) is 0 Å². The first kappa shape index (κ1) is 12.9. The molecule has 2 nitrogen and oxygen atoms in total. The molecule has 1 aromatic rings. The summed E-state index contributed by atoms with van der Waals surface area (Å²) in [6, 6.07) is 4.60. The Bertz CT molecular complexity index is 368. The van der Waals surface area contributed by atoms with Gasteiger partial charge < -0.3 is 10.1 Å². The van der Waals surface area contributed by atoms with Gasteiger partial charge in [0.2, 0.25) is 0 Å². The van der Waals surface area contributed by atoms with Crippen molar-refractivity contribution < 1.29 is 4.74 Å². The summed E-state index contributed by atoms with van der Waals surface area (Å²) in [5.41, 5.74) is 1.11. The van der Waals surface area contributed by atoms with Gasteiger partial charge in [-0.05, 0) is 56.8 Å². The van der Waals surface area contributed by atoms with Gasteiger partial charge in [-0.15, -0.1) is 0 Å². The molecular weight excluding hydrogens is 402 g/mol. The Morgan fingerprint density at radius 2 is 1.75 bits per heavy atom. The zero-order valence-electron chi connectivity index (χ0n) is 8.77. The maximum absolute atomic E-state index is 5.26. The van der Waals surface area contributed by atoms with Crippen molar-refractivity contribution >= 4 is 53.5 Å². The van der Waals surface area contributed by atoms with Crippen molar-refractivity contribution in [3.05, 3.63) is 25.6 Å². The topological polar surface area (TPSA) is 21.3 Å². The van der Waals surface area contributed by atoms with E-state index in [4.69, 9.17) is 4.74 Å². The standard InChI is InChI=1S/C11H12Br3NO/c1-16-8-4-7(5-8)15-11-9(13)2-6(12)3-10(11)14/h2-3,7-8,15H,4-5H2,1H3. The molecule has 5 heteroatoms. The predicted molar refractivity (Wildman–Crippen MR) is 77.0 cm³/mol. The average molecular weight is 414 g/mol. The number of benzene rings is 1. The molecule has 0 amide bonds. The predicted octanol–water partition coefficient (Wildman–Crippen LogP) is 4.56. The zero-order valence-corrected chi connectivity index (χ0v) is 13.5. The minimum absolute atomic E-state index is 0.422. The fraction of sp³-hybridized carbons (Fsp3) is 0.455. The fourth-order valence-corrected chi connectivity index (χ4v) is 4.25. The Morgan fingerprint density at radius 1 is 1.19 bits per heavy atom. The van der Waals surface area contributed by atoms with Crippen molar-refractivity contribution in [1.29, 1.82) is 0 Å². The van der Waals surface area contributed by atoms with E-state index in [0.29, 0.717) is 12.1 Å². The molecule has 1 aliphatic carbocycles. The van der Waals surface area contributed by atoms with Crippen LogP contribution in [0.5, 0.6) is 0 Å². The minimum Gasteiger partial charge on any atom is -0.381 e. The third kappa shape index (κ3) is 2.81. The van der Waals surface area contributed by atoms with E-state index in [9.17, 15) is 0 Å². The van der Waals surface area contributed by atoms with Crippen molar-refractivity contribution in [2.24, 2.45) is 0 Å². The molecule has 0 aliphatic heterocycles. The first-order chi connectivity index (χ1) is 7.60. The molecule has 1 N–H and O–H groups in total. The fourth-order valence-electron chi connectivity index (χ4n) is 1.76. The number of anilines is 1. The molecule has 0 bridgehead atoms. The lowest BCUT2D eigenvalue weighted by atomic mass is 9.89. The van der Waals surface area contributed by atoms with Crippen molar-refractivity contribution in [2.45, 2.75) is 25.0 Å². The maximum Gasteiger partial charge on any atom is 0.0631 e. The van der Waals surface area contributed by atoms with Gasteiger partial charge in [-0.3, -0.25) is 0 Å². The summed E-state index contributed by atoms with van der Waals surface area (Å²) in [6.45, 7) is 0. The summed E-state index contributed by atoms with van der Waals surface area (Å²) in [5, 5.41) is 3.51. The van der Waals surface area contributed by atoms with E-state index < -0.39 is 0 Å². The number of rotatable bonds is 3. The van der Waals surface area contributed by atoms with E-state index in [1.807, 2.05) is 12.1 Å². The second-order valence-corrected chi connectivity index (χ2v) is 6.54. The van der Waals surface area contributed by atoms with Gasteiger partial charge in [-0.2, -0.15) is 0 Å². The normalized spacial score (nSPS) is 24.0. The number of hydrogen-bond donors (Lipinski definition) is 1. The molecule has 0 aromatic heterocycles. The molecule has 1 aromatic carbocycles. The lowest BCUT2D eigenvalue weighted by molar-refractivity contribution is 0.0328. The molecule has 0 radical (unpaired) electrons. The molecule has 2 rings (SSSR count). The SMILES string of the molecule is COC1CC(Nc2c(Br)cc(Br)cc2Br)C1. The first-order valence-electron chi connectivity index (χ1n) is 5.04. The minimum atomic E-state index is 0.422. The van der Waals surface area contributed by atoms with E-state index >= 15 is 0 Å². The van der Waals surface area contributed by atoms with Crippen molar-refractivity contribution in [2.75, 3.05) is 12.4 Å². The molecule has 0 heterocycles. The van der Waals surface area contributed by atoms with Gasteiger partial charge in [0.05, 0.1) is 11.8 Å². The third-order valence-electron chi connectivity index (χ3n) is 2.78. The van der Waals surface area contributed by atoms with Crippen LogP contribution < -0.4 is 5.32 Å². The van der Waals surface area contributed by atoms with Gasteiger partial charge in [0.1, 0.15) is 0 Å². The first-order valence-corrected chi connectivity index (χ1v) is 7.42. The molecule has 88 valence electrons. The summed E-state index contributed by atoms with van der Waals surface area (Å²) in [6.07, 6.45) is 2.57. The number of methoxy groups -OCH3 is 1. The molecule has 0 saturated heterocycles. The summed E-state index contributed by atoms with van der Waals surface area (Å²) >= 11 is 10.6. The van der Waals surface area contributed by atoms with Crippen LogP contribution in [0.15, 0.2) is 25.6 Å². The van der Waals surface area contributed by atoms with Crippen LogP contribution in [0.3, 0.4) is 0 Å². The highest BCUT2D eigenvalue weighted by atomic mass is 79.9. The Balaban J connectivity index is 2.05. The summed E-state index contributed by atoms with van der Waals surface area (Å²) in [7, 11) is 1.77. The lowest BCUT2D eigenvalue weighted by Gasteiger charge is -2.35. The van der Waals surface area contributed by atoms with Crippen LogP contribution in [0.4, 0.5) is 5.69 Å². The van der Waals surface area contributed by atoms with Crippen LogP contribution in [0, 0.1) is 0 Å². The van der Waals surface area contributed by atoms with Gasteiger partial charge in [0, 0.05) is 26.6 Å². The Morgan fingerprint density at radius 3 is 2.25 bits per heavy atom. The molecule has 1 aliphatic rings. The van der Waals surface area contributed by atoms with Gasteiger partial charge in [0.15, 0.2) is 0 Å². The number of ether oxygens (including phenoxy) is 1. The zero-order chi connectivity index (χ0) is 11.7. The third-order valence-corrected chi connectivity index (χ3v) is 4.49. The summed E-state index contributed by atoms with van der Waals surface area (Å²) in [5.74, 6) is 0. The van der Waals surface area contributed by atoms with Gasteiger partial charge in [0.25, 0.3) is 0 Å². The highest BCUT2D eigenvalue weighted by Crippen LogP contribution is 2.37. The van der Waals surface area contributed by atoms with Crippen LogP contribution in [-0.4, -0.2) is 19.3 Å². The second kappa shape index (κ2) is 5.38.